The fourth-order valence-corrected chi connectivity index (χ4v) is 5.53. The Bertz CT molecular complexity index is 1630. The first kappa shape index (κ1) is 32.1. The number of fused-ring (bicyclic) bond motifs is 1. The number of phosphoric acid groups is 1. The number of benzene rings is 1. The van der Waals surface area contributed by atoms with Gasteiger partial charge in [-0.25, -0.2) is 14.5 Å². The van der Waals surface area contributed by atoms with E-state index in [2.05, 4.69) is 4.98 Å². The number of hydrogen-bond donors (Lipinski definition) is 0. The number of carbonyl (C=O) groups is 1. The van der Waals surface area contributed by atoms with Crippen LogP contribution >= 0.6 is 7.82 Å². The molecular weight excluding hydrogens is 569 g/mol. The summed E-state index contributed by atoms with van der Waals surface area (Å²) < 4.78 is 36.4. The molecule has 1 aromatic carbocycles. The summed E-state index contributed by atoms with van der Waals surface area (Å²) in [5, 5.41) is 0.832. The molecule has 0 N–H and O–H groups in total. The summed E-state index contributed by atoms with van der Waals surface area (Å²) in [6, 6.07) is 13.5. The molecule has 4 aromatic rings. The second-order valence-electron chi connectivity index (χ2n) is 9.85. The van der Waals surface area contributed by atoms with E-state index in [1.54, 1.807) is 55.9 Å². The van der Waals surface area contributed by atoms with E-state index in [9.17, 15) is 9.36 Å². The van der Waals surface area contributed by atoms with E-state index < -0.39 is 7.82 Å². The second kappa shape index (κ2) is 14.5. The van der Waals surface area contributed by atoms with Gasteiger partial charge in [-0.05, 0) is 63.3 Å². The number of rotatable bonds is 14. The van der Waals surface area contributed by atoms with E-state index in [4.69, 9.17) is 23.3 Å². The first-order valence-electron chi connectivity index (χ1n) is 13.9. The summed E-state index contributed by atoms with van der Waals surface area (Å²) >= 11 is 0. The summed E-state index contributed by atoms with van der Waals surface area (Å²) in [7, 11) is 3.46. The largest absolute Gasteiger partial charge is 0.481 e. The molecule has 0 aliphatic rings. The van der Waals surface area contributed by atoms with E-state index in [0.29, 0.717) is 18.1 Å². The Morgan fingerprint density at radius 1 is 0.977 bits per heavy atom. The highest BCUT2D eigenvalue weighted by molar-refractivity contribution is 7.48. The molecule has 0 saturated heterocycles. The molecule has 0 saturated carbocycles. The highest BCUT2D eigenvalue weighted by Crippen LogP contribution is 2.49. The van der Waals surface area contributed by atoms with Crippen LogP contribution in [0.5, 0.6) is 5.88 Å². The van der Waals surface area contributed by atoms with Crippen LogP contribution < -0.4 is 9.64 Å². The molecule has 1 amide bonds. The van der Waals surface area contributed by atoms with Crippen LogP contribution in [-0.4, -0.2) is 73.4 Å². The number of methoxy groups -OCH3 is 1. The minimum Gasteiger partial charge on any atom is -0.481 e. The molecule has 0 spiro atoms. The molecule has 12 heteroatoms. The summed E-state index contributed by atoms with van der Waals surface area (Å²) in [4.78, 5) is 25.4. The molecule has 4 rings (SSSR count). The second-order valence-corrected chi connectivity index (χ2v) is 11.5. The van der Waals surface area contributed by atoms with Crippen LogP contribution in [0.4, 0.5) is 5.69 Å². The zero-order valence-corrected chi connectivity index (χ0v) is 26.3. The monoisotopic (exact) mass is 607 g/mol. The Labute approximate surface area is 252 Å². The third kappa shape index (κ3) is 7.95. The maximum Gasteiger partial charge on any atom is 0.476 e. The van der Waals surface area contributed by atoms with E-state index >= 15 is 0 Å². The number of ether oxygens (including phenoxy) is 1. The predicted octanol–water partition coefficient (Wildman–Crippen LogP) is 6.01. The minimum atomic E-state index is -3.75. The predicted molar refractivity (Wildman–Crippen MR) is 168 cm³/mol. The summed E-state index contributed by atoms with van der Waals surface area (Å²) in [5.41, 5.74) is 4.83. The van der Waals surface area contributed by atoms with Crippen molar-refractivity contribution >= 4 is 30.5 Å². The van der Waals surface area contributed by atoms with Crippen LogP contribution in [0, 0.1) is 0 Å². The first-order chi connectivity index (χ1) is 20.7. The quantitative estimate of drug-likeness (QED) is 0.126. The Balaban J connectivity index is 1.73. The van der Waals surface area contributed by atoms with Gasteiger partial charge in [0, 0.05) is 66.5 Å². The average Bonchev–Trinajstić information content (AvgIpc) is 3.38. The summed E-state index contributed by atoms with van der Waals surface area (Å²) in [6.45, 7) is 4.38. The minimum absolute atomic E-state index is 0.105. The smallest absolute Gasteiger partial charge is 0.476 e. The maximum atomic E-state index is 13.0. The van der Waals surface area contributed by atoms with E-state index in [1.165, 1.54) is 0 Å². The summed E-state index contributed by atoms with van der Waals surface area (Å²) in [5.74, 6) is 0.353. The lowest BCUT2D eigenvalue weighted by atomic mass is 10.0. The number of pyridine rings is 2. The van der Waals surface area contributed by atoms with Crippen molar-refractivity contribution in [3.63, 3.8) is 0 Å². The van der Waals surface area contributed by atoms with Crippen molar-refractivity contribution < 1.29 is 27.7 Å². The molecule has 0 aliphatic heterocycles. The van der Waals surface area contributed by atoms with Crippen LogP contribution in [0.3, 0.4) is 0 Å². The molecule has 0 fully saturated rings. The fraction of sp³-hybridized carbons (Fsp3) is 0.323. The van der Waals surface area contributed by atoms with Gasteiger partial charge in [-0.2, -0.15) is 0 Å². The Morgan fingerprint density at radius 2 is 1.74 bits per heavy atom. The summed E-state index contributed by atoms with van der Waals surface area (Å²) in [6.07, 6.45) is 8.73. The molecule has 0 radical (unpaired) electrons. The van der Waals surface area contributed by atoms with Crippen LogP contribution in [0.1, 0.15) is 13.8 Å². The Morgan fingerprint density at radius 3 is 2.44 bits per heavy atom. The van der Waals surface area contributed by atoms with Crippen molar-refractivity contribution in [1.29, 1.82) is 0 Å². The van der Waals surface area contributed by atoms with Crippen LogP contribution in [0.15, 0.2) is 73.2 Å². The highest BCUT2D eigenvalue weighted by Gasteiger charge is 2.26. The molecule has 3 aromatic heterocycles. The van der Waals surface area contributed by atoms with Gasteiger partial charge in [-0.3, -0.25) is 18.4 Å². The van der Waals surface area contributed by atoms with Crippen molar-refractivity contribution in [3.05, 3.63) is 73.2 Å². The molecule has 11 nitrogen and oxygen atoms in total. The number of amides is 1. The van der Waals surface area contributed by atoms with E-state index in [0.717, 1.165) is 33.3 Å². The number of nitrogens with zero attached hydrogens (tertiary/aromatic N) is 5. The van der Waals surface area contributed by atoms with Gasteiger partial charge in [0.15, 0.2) is 0 Å². The average molecular weight is 608 g/mol. The molecule has 0 bridgehead atoms. The van der Waals surface area contributed by atoms with Crippen molar-refractivity contribution in [2.45, 2.75) is 20.6 Å². The maximum absolute atomic E-state index is 13.0. The van der Waals surface area contributed by atoms with Gasteiger partial charge < -0.3 is 19.1 Å². The van der Waals surface area contributed by atoms with Gasteiger partial charge in [0.25, 0.3) is 0 Å². The third-order valence-electron chi connectivity index (χ3n) is 6.53. The van der Waals surface area contributed by atoms with Gasteiger partial charge in [0.2, 0.25) is 11.8 Å². The number of phosphoric ester groups is 1. The number of carbonyl (C=O) groups excluding carboxylic acids is 1. The SMILES string of the molecule is CCOP(=O)(OCC)OCn1cc(-c2ccnc(OC)c2)c2cc(-c3cccc(N(C)C(=O)C=CCN(C)C)c3)cnc21. The molecule has 228 valence electrons. The highest BCUT2D eigenvalue weighted by atomic mass is 31.2. The topological polar surface area (TPSA) is 108 Å². The Kier molecular flexibility index (Phi) is 10.8. The molecule has 0 unspecified atom stereocenters. The lowest BCUT2D eigenvalue weighted by Gasteiger charge is -2.17. The van der Waals surface area contributed by atoms with Crippen molar-refractivity contribution in [2.75, 3.05) is 52.9 Å². The van der Waals surface area contributed by atoms with Gasteiger partial charge in [0.05, 0.1) is 20.3 Å². The molecule has 43 heavy (non-hydrogen) atoms. The number of hydrogen-bond acceptors (Lipinski definition) is 9. The van der Waals surface area contributed by atoms with E-state index in [-0.39, 0.29) is 25.9 Å². The van der Waals surface area contributed by atoms with E-state index in [1.807, 2.05) is 73.7 Å². The third-order valence-corrected chi connectivity index (χ3v) is 8.11. The lowest BCUT2D eigenvalue weighted by Crippen LogP contribution is -2.24. The van der Waals surface area contributed by atoms with Gasteiger partial charge in [-0.1, -0.05) is 18.2 Å². The van der Waals surface area contributed by atoms with Crippen LogP contribution in [0.25, 0.3) is 33.3 Å². The fourth-order valence-electron chi connectivity index (χ4n) is 4.40. The molecule has 0 aliphatic carbocycles. The number of aromatic nitrogens is 3. The zero-order valence-electron chi connectivity index (χ0n) is 25.4. The normalized spacial score (nSPS) is 12.0. The molecule has 0 atom stereocenters. The lowest BCUT2D eigenvalue weighted by molar-refractivity contribution is -0.113. The molecule has 3 heterocycles. The van der Waals surface area contributed by atoms with Gasteiger partial charge >= 0.3 is 7.82 Å². The first-order valence-corrected chi connectivity index (χ1v) is 15.4. The van der Waals surface area contributed by atoms with Gasteiger partial charge in [0.1, 0.15) is 12.4 Å². The Hall–Kier alpha value is -3.86. The van der Waals surface area contributed by atoms with Crippen molar-refractivity contribution in [3.8, 4) is 28.1 Å². The van der Waals surface area contributed by atoms with Crippen LogP contribution in [0.2, 0.25) is 0 Å². The number of anilines is 1. The standard InChI is InChI=1S/C31H38N5O6P/c1-7-40-43(38,41-8-2)42-22-36-21-28(24-14-15-32-29(19-24)39-6)27-18-25(20-33-31(27)36)23-11-9-12-26(17-23)35(5)30(37)13-10-16-34(3)4/h9-15,17-21H,7-8,16,22H2,1-6H3. The van der Waals surface area contributed by atoms with Crippen LogP contribution in [-0.2, 0) is 29.7 Å². The van der Waals surface area contributed by atoms with Crippen molar-refractivity contribution in [1.82, 2.24) is 19.4 Å². The van der Waals surface area contributed by atoms with Crippen molar-refractivity contribution in [2.24, 2.45) is 0 Å². The van der Waals surface area contributed by atoms with Gasteiger partial charge in [-0.15, -0.1) is 0 Å². The zero-order chi connectivity index (χ0) is 31.0. The molecular formula is C31H38N5O6P. The number of likely N-dealkylation sites (N-methyl/N-ethyl adjacent to an activating group) is 2.